The van der Waals surface area contributed by atoms with Crippen LogP contribution in [0.2, 0.25) is 0 Å². The minimum atomic E-state index is -1.57. The molecule has 0 bridgehead atoms. The van der Waals surface area contributed by atoms with Crippen LogP contribution in [0.1, 0.15) is 386 Å². The van der Waals surface area contributed by atoms with Crippen molar-refractivity contribution in [1.29, 1.82) is 0 Å². The predicted octanol–water partition coefficient (Wildman–Crippen LogP) is 21.5. The fourth-order valence-electron chi connectivity index (χ4n) is 12.4. The third-order valence-electron chi connectivity index (χ3n) is 18.4. The molecule has 0 aliphatic carbocycles. The van der Waals surface area contributed by atoms with E-state index in [1.165, 1.54) is 321 Å². The SMILES string of the molecule is CCCCCCC/C=C\C/C=C\CCCCCCCCCCCCCCCCCCCCCCCC(=O)NC(COC1OC(CO)C(O)C(O)C1O)C(O)/C=C/CC/C=C/CCCCCCCCCCCCCCCCCCCCCCCCCCC. The molecule has 0 radical (unpaired) electrons. The Hall–Kier alpha value is -1.85. The van der Waals surface area contributed by atoms with Gasteiger partial charge in [-0.25, -0.2) is 0 Å². The van der Waals surface area contributed by atoms with Crippen molar-refractivity contribution in [2.45, 2.75) is 429 Å². The number of amides is 1. The molecule has 87 heavy (non-hydrogen) atoms. The van der Waals surface area contributed by atoms with Crippen LogP contribution in [-0.2, 0) is 14.3 Å². The van der Waals surface area contributed by atoms with Crippen molar-refractivity contribution in [3.05, 3.63) is 48.6 Å². The molecule has 0 aromatic heterocycles. The van der Waals surface area contributed by atoms with Crippen LogP contribution >= 0.6 is 0 Å². The lowest BCUT2D eigenvalue weighted by atomic mass is 9.99. The Kier molecular flexibility index (Phi) is 64.1. The van der Waals surface area contributed by atoms with Crippen molar-refractivity contribution < 1.29 is 39.8 Å². The molecule has 1 saturated heterocycles. The molecule has 0 aromatic carbocycles. The molecule has 512 valence electrons. The van der Waals surface area contributed by atoms with E-state index in [4.69, 9.17) is 9.47 Å². The van der Waals surface area contributed by atoms with Gasteiger partial charge < -0.3 is 40.3 Å². The summed E-state index contributed by atoms with van der Waals surface area (Å²) < 4.78 is 11.3. The number of hydrogen-bond acceptors (Lipinski definition) is 8. The zero-order valence-corrected chi connectivity index (χ0v) is 57.5. The number of aliphatic hydroxyl groups is 5. The van der Waals surface area contributed by atoms with Gasteiger partial charge in [-0.15, -0.1) is 0 Å². The fraction of sp³-hybridized carbons (Fsp3) is 0.885. The van der Waals surface area contributed by atoms with Crippen LogP contribution in [0.25, 0.3) is 0 Å². The zero-order valence-electron chi connectivity index (χ0n) is 57.5. The number of allylic oxidation sites excluding steroid dienone is 7. The number of ether oxygens (including phenoxy) is 2. The molecule has 1 rings (SSSR count). The Balaban J connectivity index is 2.10. The number of carbonyl (C=O) groups is 1. The maximum absolute atomic E-state index is 13.2. The second kappa shape index (κ2) is 67.1. The van der Waals surface area contributed by atoms with E-state index in [0.717, 1.165) is 44.9 Å². The van der Waals surface area contributed by atoms with Crippen molar-refractivity contribution in [2.24, 2.45) is 0 Å². The summed E-state index contributed by atoms with van der Waals surface area (Å²) in [5, 5.41) is 54.8. The maximum Gasteiger partial charge on any atom is 0.220 e. The highest BCUT2D eigenvalue weighted by molar-refractivity contribution is 5.76. The first-order valence-corrected chi connectivity index (χ1v) is 38.4. The Morgan fingerprint density at radius 1 is 0.391 bits per heavy atom. The van der Waals surface area contributed by atoms with Crippen LogP contribution in [0.15, 0.2) is 48.6 Å². The monoisotopic (exact) mass is 1230 g/mol. The number of unbranched alkanes of at least 4 members (excludes halogenated alkanes) is 52. The lowest BCUT2D eigenvalue weighted by molar-refractivity contribution is -0.302. The highest BCUT2D eigenvalue weighted by Crippen LogP contribution is 2.24. The van der Waals surface area contributed by atoms with E-state index >= 15 is 0 Å². The van der Waals surface area contributed by atoms with E-state index in [-0.39, 0.29) is 12.5 Å². The van der Waals surface area contributed by atoms with Crippen LogP contribution in [0.4, 0.5) is 0 Å². The topological polar surface area (TPSA) is 149 Å². The Morgan fingerprint density at radius 3 is 1.03 bits per heavy atom. The van der Waals surface area contributed by atoms with Crippen molar-refractivity contribution in [3.63, 3.8) is 0 Å². The Bertz CT molecular complexity index is 1520. The molecule has 9 nitrogen and oxygen atoms in total. The van der Waals surface area contributed by atoms with Gasteiger partial charge in [0.25, 0.3) is 0 Å². The quantitative estimate of drug-likeness (QED) is 0.0261. The van der Waals surface area contributed by atoms with Gasteiger partial charge in [0.2, 0.25) is 5.91 Å². The molecule has 6 N–H and O–H groups in total. The molecule has 7 unspecified atom stereocenters. The molecule has 1 amide bonds. The van der Waals surface area contributed by atoms with E-state index in [2.05, 4.69) is 55.6 Å². The van der Waals surface area contributed by atoms with Gasteiger partial charge in [0.15, 0.2) is 6.29 Å². The summed E-state index contributed by atoms with van der Waals surface area (Å²) in [4.78, 5) is 13.2. The second-order valence-corrected chi connectivity index (χ2v) is 26.8. The van der Waals surface area contributed by atoms with Crippen LogP contribution in [0.5, 0.6) is 0 Å². The average Bonchev–Trinajstić information content (AvgIpc) is 3.38. The van der Waals surface area contributed by atoms with Gasteiger partial charge in [0, 0.05) is 6.42 Å². The predicted molar refractivity (Wildman–Crippen MR) is 373 cm³/mol. The second-order valence-electron chi connectivity index (χ2n) is 26.8. The third kappa shape index (κ3) is 55.5. The van der Waals surface area contributed by atoms with Gasteiger partial charge in [0.05, 0.1) is 25.4 Å². The standard InChI is InChI=1S/C78H147NO8/c1-3-5-7-9-11-13-15-17-19-21-23-25-27-29-31-33-35-36-38-40-42-44-46-48-50-52-54-56-58-60-62-64-66-68-74(82)79-71(70-86-78-77(85)76(84)75(83)73(69-80)87-78)72(81)67-65-63-61-59-57-55-53-51-49-47-45-43-41-39-37-34-32-30-28-26-24-22-20-18-16-14-12-10-8-6-4-2/h15,17,21,23,57,59,65,67,71-73,75-78,80-81,83-85H,3-14,16,18-20,22,24-56,58,60-64,66,68-70H2,1-2H3,(H,79,82)/b17-15-,23-21-,59-57+,67-65+. The molecule has 0 aromatic rings. The fourth-order valence-corrected chi connectivity index (χ4v) is 12.4. The number of hydrogen-bond donors (Lipinski definition) is 6. The number of carbonyl (C=O) groups excluding carboxylic acids is 1. The van der Waals surface area contributed by atoms with Crippen molar-refractivity contribution >= 4 is 5.91 Å². The summed E-state index contributed by atoms with van der Waals surface area (Å²) in [6.45, 7) is 3.81. The summed E-state index contributed by atoms with van der Waals surface area (Å²) in [6, 6.07) is -0.823. The van der Waals surface area contributed by atoms with E-state index in [0.29, 0.717) is 6.42 Å². The normalized spacial score (nSPS) is 18.2. The highest BCUT2D eigenvalue weighted by Gasteiger charge is 2.44. The highest BCUT2D eigenvalue weighted by atomic mass is 16.7. The van der Waals surface area contributed by atoms with Crippen molar-refractivity contribution in [3.8, 4) is 0 Å². The molecule has 0 saturated carbocycles. The summed E-state index contributed by atoms with van der Waals surface area (Å²) in [5.74, 6) is -0.179. The van der Waals surface area contributed by atoms with E-state index in [1.807, 2.05) is 6.08 Å². The summed E-state index contributed by atoms with van der Waals surface area (Å²) in [5.41, 5.74) is 0. The third-order valence-corrected chi connectivity index (χ3v) is 18.4. The van der Waals surface area contributed by atoms with Gasteiger partial charge in [-0.3, -0.25) is 4.79 Å². The van der Waals surface area contributed by atoms with Crippen LogP contribution in [0, 0.1) is 0 Å². The van der Waals surface area contributed by atoms with E-state index in [1.54, 1.807) is 6.08 Å². The Morgan fingerprint density at radius 2 is 0.690 bits per heavy atom. The Labute approximate surface area is 539 Å². The summed E-state index contributed by atoms with van der Waals surface area (Å²) in [6.07, 6.45) is 85.4. The number of nitrogens with one attached hydrogen (secondary N) is 1. The maximum atomic E-state index is 13.2. The van der Waals surface area contributed by atoms with Crippen LogP contribution in [-0.4, -0.2) is 87.5 Å². The molecule has 7 atom stereocenters. The molecular formula is C78H147NO8. The molecule has 1 aliphatic heterocycles. The minimum Gasteiger partial charge on any atom is -0.394 e. The molecule has 9 heteroatoms. The van der Waals surface area contributed by atoms with E-state index in [9.17, 15) is 30.3 Å². The largest absolute Gasteiger partial charge is 0.394 e. The van der Waals surface area contributed by atoms with Crippen molar-refractivity contribution in [1.82, 2.24) is 5.32 Å². The molecule has 0 spiro atoms. The first-order chi connectivity index (χ1) is 42.8. The first-order valence-electron chi connectivity index (χ1n) is 38.4. The van der Waals surface area contributed by atoms with Crippen LogP contribution < -0.4 is 5.32 Å². The van der Waals surface area contributed by atoms with Gasteiger partial charge in [0.1, 0.15) is 24.4 Å². The number of aliphatic hydroxyl groups excluding tert-OH is 5. The lowest BCUT2D eigenvalue weighted by Gasteiger charge is -2.40. The van der Waals surface area contributed by atoms with Gasteiger partial charge >= 0.3 is 0 Å². The van der Waals surface area contributed by atoms with E-state index < -0.39 is 49.5 Å². The first kappa shape index (κ1) is 83.2. The number of rotatable bonds is 68. The average molecular weight is 1230 g/mol. The minimum absolute atomic E-state index is 0.179. The van der Waals surface area contributed by atoms with Gasteiger partial charge in [-0.2, -0.15) is 0 Å². The molecule has 1 fully saturated rings. The van der Waals surface area contributed by atoms with Crippen LogP contribution in [0.3, 0.4) is 0 Å². The summed E-state index contributed by atoms with van der Waals surface area (Å²) >= 11 is 0. The molecular weight excluding hydrogens is 1080 g/mol. The smallest absolute Gasteiger partial charge is 0.220 e. The zero-order chi connectivity index (χ0) is 62.8. The summed E-state index contributed by atoms with van der Waals surface area (Å²) in [7, 11) is 0. The van der Waals surface area contributed by atoms with Gasteiger partial charge in [-0.05, 0) is 64.2 Å². The van der Waals surface area contributed by atoms with Gasteiger partial charge in [-0.1, -0.05) is 364 Å². The molecule has 1 heterocycles. The lowest BCUT2D eigenvalue weighted by Crippen LogP contribution is -2.60. The molecule has 1 aliphatic rings. The van der Waals surface area contributed by atoms with Crippen molar-refractivity contribution in [2.75, 3.05) is 13.2 Å².